The highest BCUT2D eigenvalue weighted by Gasteiger charge is 2.42. The standard InChI is InChI=1S/C15H9F7N2OS/c1-25-7-5-3-2-4-6(7)23-14(26)24-13-11(18)9(16)8(15(20,21)22)10(17)12(13)19/h2-5H,1H3,(H2,23,24,26). The minimum Gasteiger partial charge on any atom is -0.495 e. The smallest absolute Gasteiger partial charge is 0.422 e. The first-order valence-corrected chi connectivity index (χ1v) is 7.12. The Kier molecular flexibility index (Phi) is 5.59. The number of anilines is 2. The first kappa shape index (κ1) is 19.8. The summed E-state index contributed by atoms with van der Waals surface area (Å²) in [6, 6.07) is 6.16. The predicted octanol–water partition coefficient (Wildman–Crippen LogP) is 5.08. The van der Waals surface area contributed by atoms with Gasteiger partial charge in [0.2, 0.25) is 0 Å². The van der Waals surface area contributed by atoms with E-state index in [0.29, 0.717) is 0 Å². The van der Waals surface area contributed by atoms with Crippen LogP contribution < -0.4 is 15.4 Å². The first-order chi connectivity index (χ1) is 12.1. The zero-order valence-corrected chi connectivity index (χ0v) is 13.6. The minimum absolute atomic E-state index is 0.237. The first-order valence-electron chi connectivity index (χ1n) is 6.72. The lowest BCUT2D eigenvalue weighted by Crippen LogP contribution is -2.23. The van der Waals surface area contributed by atoms with Gasteiger partial charge in [-0.3, -0.25) is 0 Å². The average Bonchev–Trinajstić information content (AvgIpc) is 2.56. The molecule has 0 aliphatic heterocycles. The van der Waals surface area contributed by atoms with Crippen molar-refractivity contribution in [2.75, 3.05) is 17.7 Å². The van der Waals surface area contributed by atoms with E-state index in [2.05, 4.69) is 5.32 Å². The number of nitrogens with one attached hydrogen (secondary N) is 2. The summed E-state index contributed by atoms with van der Waals surface area (Å²) in [4.78, 5) is 0. The summed E-state index contributed by atoms with van der Waals surface area (Å²) in [6.45, 7) is 0. The van der Waals surface area contributed by atoms with Gasteiger partial charge < -0.3 is 15.4 Å². The van der Waals surface area contributed by atoms with E-state index in [1.54, 1.807) is 17.4 Å². The molecule has 0 aliphatic rings. The van der Waals surface area contributed by atoms with Crippen molar-refractivity contribution in [1.82, 2.24) is 0 Å². The van der Waals surface area contributed by atoms with Gasteiger partial charge in [0.25, 0.3) is 0 Å². The molecule has 0 unspecified atom stereocenters. The number of hydrogen-bond acceptors (Lipinski definition) is 2. The highest BCUT2D eigenvalue weighted by atomic mass is 32.1. The average molecular weight is 398 g/mol. The number of ether oxygens (including phenoxy) is 1. The van der Waals surface area contributed by atoms with Crippen molar-refractivity contribution in [3.8, 4) is 5.75 Å². The number of benzene rings is 2. The maximum Gasteiger partial charge on any atom is 0.422 e. The minimum atomic E-state index is -5.62. The van der Waals surface area contributed by atoms with Gasteiger partial charge in [0.1, 0.15) is 17.0 Å². The number of para-hydroxylation sites is 2. The Morgan fingerprint density at radius 1 is 0.923 bits per heavy atom. The highest BCUT2D eigenvalue weighted by molar-refractivity contribution is 7.80. The van der Waals surface area contributed by atoms with Gasteiger partial charge in [-0.15, -0.1) is 0 Å². The number of rotatable bonds is 3. The van der Waals surface area contributed by atoms with Gasteiger partial charge in [-0.2, -0.15) is 13.2 Å². The fourth-order valence-corrected chi connectivity index (χ4v) is 2.22. The van der Waals surface area contributed by atoms with Crippen molar-refractivity contribution in [3.05, 3.63) is 53.1 Å². The van der Waals surface area contributed by atoms with Crippen LogP contribution in [0.25, 0.3) is 0 Å². The molecule has 2 aromatic rings. The van der Waals surface area contributed by atoms with Crippen LogP contribution in [0.5, 0.6) is 5.75 Å². The number of hydrogen-bond donors (Lipinski definition) is 2. The fraction of sp³-hybridized carbons (Fsp3) is 0.133. The van der Waals surface area contributed by atoms with Crippen LogP contribution in [-0.2, 0) is 6.18 Å². The Hall–Kier alpha value is -2.56. The number of thiocarbonyl (C=S) groups is 1. The van der Waals surface area contributed by atoms with E-state index in [1.807, 2.05) is 0 Å². The fourth-order valence-electron chi connectivity index (χ4n) is 2.01. The molecule has 2 rings (SSSR count). The van der Waals surface area contributed by atoms with Crippen LogP contribution in [0.15, 0.2) is 24.3 Å². The maximum absolute atomic E-state index is 13.8. The molecule has 140 valence electrons. The lowest BCUT2D eigenvalue weighted by Gasteiger charge is -2.17. The van der Waals surface area contributed by atoms with Gasteiger partial charge >= 0.3 is 6.18 Å². The molecule has 3 nitrogen and oxygen atoms in total. The van der Waals surface area contributed by atoms with Crippen LogP contribution in [0.4, 0.5) is 42.1 Å². The zero-order valence-electron chi connectivity index (χ0n) is 12.8. The molecular weight excluding hydrogens is 389 g/mol. The SMILES string of the molecule is COc1ccccc1NC(=S)Nc1c(F)c(F)c(C(F)(F)F)c(F)c1F. The molecule has 0 aliphatic carbocycles. The summed E-state index contributed by atoms with van der Waals surface area (Å²) in [7, 11) is 1.33. The van der Waals surface area contributed by atoms with Gasteiger partial charge in [-0.05, 0) is 24.4 Å². The lowest BCUT2D eigenvalue weighted by molar-refractivity contribution is -0.143. The molecule has 0 saturated heterocycles. The molecule has 0 fully saturated rings. The van der Waals surface area contributed by atoms with Crippen LogP contribution in [0.1, 0.15) is 5.56 Å². The molecule has 0 amide bonds. The van der Waals surface area contributed by atoms with E-state index in [1.165, 1.54) is 19.2 Å². The molecule has 0 atom stereocenters. The second kappa shape index (κ2) is 7.36. The molecule has 11 heteroatoms. The molecule has 0 bridgehead atoms. The summed E-state index contributed by atoms with van der Waals surface area (Å²) in [6.07, 6.45) is -5.62. The normalized spacial score (nSPS) is 11.2. The molecule has 2 N–H and O–H groups in total. The quantitative estimate of drug-likeness (QED) is 0.429. The Bertz CT molecular complexity index is 826. The monoisotopic (exact) mass is 398 g/mol. The Morgan fingerprint density at radius 3 is 1.96 bits per heavy atom. The van der Waals surface area contributed by atoms with Crippen molar-refractivity contribution < 1.29 is 35.5 Å². The van der Waals surface area contributed by atoms with Crippen molar-refractivity contribution in [1.29, 1.82) is 0 Å². The molecule has 0 saturated carbocycles. The Morgan fingerprint density at radius 2 is 1.46 bits per heavy atom. The Balaban J connectivity index is 2.37. The summed E-state index contributed by atoms with van der Waals surface area (Å²) in [5.74, 6) is -9.42. The van der Waals surface area contributed by atoms with Gasteiger partial charge in [0.15, 0.2) is 28.4 Å². The molecule has 0 aromatic heterocycles. The van der Waals surface area contributed by atoms with Crippen LogP contribution >= 0.6 is 12.2 Å². The van der Waals surface area contributed by atoms with Crippen molar-refractivity contribution in [2.24, 2.45) is 0 Å². The second-order valence-electron chi connectivity index (χ2n) is 4.78. The summed E-state index contributed by atoms with van der Waals surface area (Å²) in [5.41, 5.74) is -3.93. The summed E-state index contributed by atoms with van der Waals surface area (Å²) < 4.78 is 97.4. The number of halogens is 7. The maximum atomic E-state index is 13.8. The third kappa shape index (κ3) is 3.82. The topological polar surface area (TPSA) is 33.3 Å². The zero-order chi connectivity index (χ0) is 19.6. The van der Waals surface area contributed by atoms with E-state index in [4.69, 9.17) is 17.0 Å². The van der Waals surface area contributed by atoms with Crippen molar-refractivity contribution in [3.63, 3.8) is 0 Å². The van der Waals surface area contributed by atoms with Gasteiger partial charge in [0.05, 0.1) is 12.8 Å². The molecule has 26 heavy (non-hydrogen) atoms. The molecule has 2 aromatic carbocycles. The van der Waals surface area contributed by atoms with E-state index in [-0.39, 0.29) is 11.4 Å². The second-order valence-corrected chi connectivity index (χ2v) is 5.19. The van der Waals surface area contributed by atoms with E-state index < -0.39 is 45.8 Å². The van der Waals surface area contributed by atoms with Gasteiger partial charge in [-0.1, -0.05) is 12.1 Å². The summed E-state index contributed by atoms with van der Waals surface area (Å²) in [5, 5.41) is 3.71. The Labute approximate surface area is 147 Å². The van der Waals surface area contributed by atoms with Crippen molar-refractivity contribution >= 4 is 28.7 Å². The molecule has 0 spiro atoms. The van der Waals surface area contributed by atoms with E-state index >= 15 is 0 Å². The third-order valence-electron chi connectivity index (χ3n) is 3.14. The molecule has 0 radical (unpaired) electrons. The van der Waals surface area contributed by atoms with Crippen LogP contribution in [0, 0.1) is 23.3 Å². The van der Waals surface area contributed by atoms with Gasteiger partial charge in [0, 0.05) is 0 Å². The number of alkyl halides is 3. The molecular formula is C15H9F7N2OS. The lowest BCUT2D eigenvalue weighted by atomic mass is 10.1. The predicted molar refractivity (Wildman–Crippen MR) is 84.1 cm³/mol. The summed E-state index contributed by atoms with van der Waals surface area (Å²) >= 11 is 4.76. The highest BCUT2D eigenvalue weighted by Crippen LogP contribution is 2.38. The third-order valence-corrected chi connectivity index (χ3v) is 3.34. The van der Waals surface area contributed by atoms with Crippen LogP contribution in [0.2, 0.25) is 0 Å². The van der Waals surface area contributed by atoms with E-state index in [9.17, 15) is 30.7 Å². The van der Waals surface area contributed by atoms with E-state index in [0.717, 1.165) is 0 Å². The molecule has 0 heterocycles. The van der Waals surface area contributed by atoms with Crippen LogP contribution in [0.3, 0.4) is 0 Å². The number of methoxy groups -OCH3 is 1. The van der Waals surface area contributed by atoms with Gasteiger partial charge in [-0.25, -0.2) is 17.6 Å². The van der Waals surface area contributed by atoms with Crippen molar-refractivity contribution in [2.45, 2.75) is 6.18 Å². The van der Waals surface area contributed by atoms with Crippen LogP contribution in [-0.4, -0.2) is 12.2 Å². The largest absolute Gasteiger partial charge is 0.495 e.